The Morgan fingerprint density at radius 1 is 1.11 bits per heavy atom. The van der Waals surface area contributed by atoms with E-state index in [1.165, 1.54) is 20.8 Å². The number of nitrogens with zero attached hydrogens (tertiary/aromatic N) is 5. The van der Waals surface area contributed by atoms with Gasteiger partial charge in [0.05, 0.1) is 10.6 Å². The molecule has 0 spiro atoms. The van der Waals surface area contributed by atoms with Crippen molar-refractivity contribution in [3.63, 3.8) is 0 Å². The molecule has 0 aliphatic heterocycles. The largest absolute Gasteiger partial charge is 0.383 e. The second-order valence-electron chi connectivity index (χ2n) is 7.94. The average Bonchev–Trinajstić information content (AvgIpc) is 3.54. The van der Waals surface area contributed by atoms with E-state index < -0.39 is 17.2 Å². The van der Waals surface area contributed by atoms with Gasteiger partial charge in [-0.3, -0.25) is 24.0 Å². The maximum atomic E-state index is 13.8. The molecule has 3 heterocycles. The minimum atomic E-state index is -0.717. The number of carbonyl (C=O) groups is 1. The molecule has 4 aromatic rings. The third-order valence-electron chi connectivity index (χ3n) is 5.45. The number of anilines is 2. The zero-order valence-corrected chi connectivity index (χ0v) is 20.4. The van der Waals surface area contributed by atoms with Gasteiger partial charge in [-0.1, -0.05) is 44.5 Å². The van der Waals surface area contributed by atoms with Crippen LogP contribution in [0.25, 0.3) is 16.4 Å². The Morgan fingerprint density at radius 3 is 2.54 bits per heavy atom. The molecule has 1 amide bonds. The van der Waals surface area contributed by atoms with Gasteiger partial charge in [0.2, 0.25) is 5.82 Å². The van der Waals surface area contributed by atoms with Crippen molar-refractivity contribution in [2.75, 3.05) is 17.2 Å². The molecule has 3 aromatic heterocycles. The fourth-order valence-corrected chi connectivity index (χ4v) is 4.45. The van der Waals surface area contributed by atoms with E-state index in [0.717, 1.165) is 17.0 Å². The van der Waals surface area contributed by atoms with Crippen LogP contribution in [0.2, 0.25) is 0 Å². The molecule has 11 heteroatoms. The van der Waals surface area contributed by atoms with Crippen LogP contribution in [0.5, 0.6) is 0 Å². The Morgan fingerprint density at radius 2 is 1.89 bits per heavy atom. The van der Waals surface area contributed by atoms with Crippen molar-refractivity contribution in [2.24, 2.45) is 0 Å². The zero-order valence-electron chi connectivity index (χ0n) is 19.6. The van der Waals surface area contributed by atoms with E-state index in [9.17, 15) is 14.4 Å². The lowest BCUT2D eigenvalue weighted by Gasteiger charge is -2.23. The van der Waals surface area contributed by atoms with E-state index in [0.29, 0.717) is 25.2 Å². The number of unbranched alkanes of at least 4 members (excludes halogenated alkanes) is 1. The highest BCUT2D eigenvalue weighted by Crippen LogP contribution is 2.27. The van der Waals surface area contributed by atoms with Crippen molar-refractivity contribution < 1.29 is 4.79 Å². The lowest BCUT2D eigenvalue weighted by atomic mass is 10.2. The number of amides is 1. The number of thiophene rings is 1. The highest BCUT2D eigenvalue weighted by atomic mass is 32.1. The molecule has 0 atom stereocenters. The van der Waals surface area contributed by atoms with Gasteiger partial charge in [-0.05, 0) is 36.4 Å². The molecule has 0 radical (unpaired) electrons. The fourth-order valence-electron chi connectivity index (χ4n) is 3.75. The first kappa shape index (κ1) is 24.1. The summed E-state index contributed by atoms with van der Waals surface area (Å²) in [7, 11) is 0. The summed E-state index contributed by atoms with van der Waals surface area (Å²) in [6.45, 7) is 4.41. The van der Waals surface area contributed by atoms with E-state index in [1.807, 2.05) is 61.7 Å². The molecule has 0 aliphatic rings. The number of para-hydroxylation sites is 1. The van der Waals surface area contributed by atoms with Crippen molar-refractivity contribution in [3.8, 4) is 16.4 Å². The Labute approximate surface area is 205 Å². The second kappa shape index (κ2) is 10.5. The summed E-state index contributed by atoms with van der Waals surface area (Å²) in [5.74, 6) is -0.168. The van der Waals surface area contributed by atoms with E-state index in [2.05, 4.69) is 15.1 Å². The molecule has 35 heavy (non-hydrogen) atoms. The predicted molar refractivity (Wildman–Crippen MR) is 137 cm³/mol. The molecule has 182 valence electrons. The number of nitrogens with one attached hydrogen (secondary N) is 1. The van der Waals surface area contributed by atoms with Crippen LogP contribution in [-0.4, -0.2) is 36.8 Å². The first-order chi connectivity index (χ1) is 17.0. The number of rotatable bonds is 9. The highest BCUT2D eigenvalue weighted by Gasteiger charge is 2.29. The lowest BCUT2D eigenvalue weighted by molar-refractivity contribution is 0.0976. The quantitative estimate of drug-likeness (QED) is 0.368. The highest BCUT2D eigenvalue weighted by molar-refractivity contribution is 7.13. The topological polar surface area (TPSA) is 132 Å². The monoisotopic (exact) mass is 493 g/mol. The number of carbonyl (C=O) groups excluding carboxylic acids is 1. The number of nitrogens with two attached hydrogens (primary N) is 1. The SMILES string of the molecule is CCCCN(C(=O)c1nc(-c2cccs2)n(-c2ccccc2)n1)c1c(N)n(CCC)c(=O)[nH]c1=O. The normalized spacial score (nSPS) is 11.0. The van der Waals surface area contributed by atoms with E-state index in [1.54, 1.807) is 4.68 Å². The second-order valence-corrected chi connectivity index (χ2v) is 8.89. The molecule has 0 saturated carbocycles. The first-order valence-corrected chi connectivity index (χ1v) is 12.3. The summed E-state index contributed by atoms with van der Waals surface area (Å²) in [6, 6.07) is 13.2. The van der Waals surface area contributed by atoms with Crippen molar-refractivity contribution in [1.29, 1.82) is 0 Å². The van der Waals surface area contributed by atoms with Gasteiger partial charge in [0, 0.05) is 13.1 Å². The van der Waals surface area contributed by atoms with Crippen molar-refractivity contribution in [3.05, 3.63) is 74.5 Å². The fraction of sp³-hybridized carbons (Fsp3) is 0.292. The van der Waals surface area contributed by atoms with Crippen LogP contribution in [0.3, 0.4) is 0 Å². The molecular weight excluding hydrogens is 466 g/mol. The van der Waals surface area contributed by atoms with Gasteiger partial charge in [-0.2, -0.15) is 0 Å². The van der Waals surface area contributed by atoms with Crippen LogP contribution in [0.1, 0.15) is 43.7 Å². The summed E-state index contributed by atoms with van der Waals surface area (Å²) in [4.78, 5) is 47.9. The minimum absolute atomic E-state index is 0.0500. The third-order valence-corrected chi connectivity index (χ3v) is 6.32. The number of aromatic nitrogens is 5. The van der Waals surface area contributed by atoms with Crippen LogP contribution in [0, 0.1) is 0 Å². The number of hydrogen-bond donors (Lipinski definition) is 2. The first-order valence-electron chi connectivity index (χ1n) is 11.5. The van der Waals surface area contributed by atoms with Gasteiger partial charge < -0.3 is 5.73 Å². The van der Waals surface area contributed by atoms with E-state index in [-0.39, 0.29) is 23.9 Å². The Bertz CT molecular complexity index is 1420. The van der Waals surface area contributed by atoms with Crippen LogP contribution in [0.15, 0.2) is 57.4 Å². The van der Waals surface area contributed by atoms with Gasteiger partial charge >= 0.3 is 5.69 Å². The van der Waals surface area contributed by atoms with Gasteiger partial charge in [-0.15, -0.1) is 16.4 Å². The summed E-state index contributed by atoms with van der Waals surface area (Å²) in [5, 5.41) is 6.45. The molecule has 0 fully saturated rings. The minimum Gasteiger partial charge on any atom is -0.383 e. The van der Waals surface area contributed by atoms with Gasteiger partial charge in [-0.25, -0.2) is 14.5 Å². The number of hydrogen-bond acceptors (Lipinski definition) is 7. The molecule has 0 bridgehead atoms. The summed E-state index contributed by atoms with van der Waals surface area (Å²) < 4.78 is 2.89. The Hall–Kier alpha value is -3.99. The van der Waals surface area contributed by atoms with Crippen molar-refractivity contribution in [2.45, 2.75) is 39.7 Å². The van der Waals surface area contributed by atoms with Gasteiger partial charge in [0.1, 0.15) is 5.82 Å². The van der Waals surface area contributed by atoms with E-state index >= 15 is 0 Å². The van der Waals surface area contributed by atoms with Gasteiger partial charge in [0.25, 0.3) is 11.5 Å². The van der Waals surface area contributed by atoms with E-state index in [4.69, 9.17) is 5.73 Å². The standard InChI is InChI=1S/C24H27N7O3S/c1-3-5-14-29(18-19(25)30(13-4-2)24(34)27-22(18)32)23(33)20-26-21(17-12-9-15-35-17)31(28-20)16-10-7-6-8-11-16/h6-12,15H,3-5,13-14,25H2,1-2H3,(H,27,32,34). The van der Waals surface area contributed by atoms with Crippen LogP contribution in [-0.2, 0) is 6.54 Å². The smallest absolute Gasteiger partial charge is 0.330 e. The molecular formula is C24H27N7O3S. The van der Waals surface area contributed by atoms with Crippen molar-refractivity contribution in [1.82, 2.24) is 24.3 Å². The lowest BCUT2D eigenvalue weighted by Crippen LogP contribution is -2.42. The number of aromatic amines is 1. The maximum Gasteiger partial charge on any atom is 0.330 e. The summed E-state index contributed by atoms with van der Waals surface area (Å²) in [5.41, 5.74) is 5.63. The van der Waals surface area contributed by atoms with Crippen LogP contribution >= 0.6 is 11.3 Å². The molecule has 4 rings (SSSR count). The predicted octanol–water partition coefficient (Wildman–Crippen LogP) is 3.28. The molecule has 10 nitrogen and oxygen atoms in total. The molecule has 1 aromatic carbocycles. The summed E-state index contributed by atoms with van der Waals surface area (Å²) >= 11 is 1.48. The Kier molecular flexibility index (Phi) is 7.25. The summed E-state index contributed by atoms with van der Waals surface area (Å²) in [6.07, 6.45) is 2.03. The average molecular weight is 494 g/mol. The number of benzene rings is 1. The molecule has 3 N–H and O–H groups in total. The molecule has 0 saturated heterocycles. The third kappa shape index (κ3) is 4.80. The molecule has 0 aliphatic carbocycles. The van der Waals surface area contributed by atoms with Crippen LogP contribution in [0.4, 0.5) is 11.5 Å². The zero-order chi connectivity index (χ0) is 24.9. The number of nitrogen functional groups attached to an aromatic ring is 1. The van der Waals surface area contributed by atoms with Crippen LogP contribution < -0.4 is 21.9 Å². The number of H-pyrrole nitrogens is 1. The van der Waals surface area contributed by atoms with Crippen molar-refractivity contribution >= 4 is 28.7 Å². The molecule has 0 unspecified atom stereocenters. The Balaban J connectivity index is 1.85. The maximum absolute atomic E-state index is 13.8. The van der Waals surface area contributed by atoms with Gasteiger partial charge in [0.15, 0.2) is 11.5 Å².